The summed E-state index contributed by atoms with van der Waals surface area (Å²) < 4.78 is 26.3. The maximum absolute atomic E-state index is 10.2. The molecule has 0 bridgehead atoms. The van der Waals surface area contributed by atoms with E-state index < -0.39 is 30.9 Å². The number of fused-ring (bicyclic) bond motifs is 1. The summed E-state index contributed by atoms with van der Waals surface area (Å²) in [6.45, 7) is -0.174. The minimum Gasteiger partial charge on any atom is -0.394 e. The van der Waals surface area contributed by atoms with E-state index in [9.17, 15) is 5.11 Å². The van der Waals surface area contributed by atoms with Gasteiger partial charge >= 0.3 is 0 Å². The van der Waals surface area contributed by atoms with Crippen LogP contribution in [-0.4, -0.2) is 41.1 Å². The Bertz CT molecular complexity index is 1020. The lowest BCUT2D eigenvalue weighted by Crippen LogP contribution is -2.59. The van der Waals surface area contributed by atoms with Crippen LogP contribution in [0.4, 0.5) is 0 Å². The molecule has 0 amide bonds. The predicted octanol–water partition coefficient (Wildman–Crippen LogP) is 4.19. The first-order valence-corrected chi connectivity index (χ1v) is 11.7. The molecular formula is C25H24INO5. The molecule has 0 saturated carbocycles. The molecule has 6 nitrogen and oxygen atoms in total. The zero-order valence-electron chi connectivity index (χ0n) is 17.3. The molecule has 5 rings (SSSR count). The Morgan fingerprint density at radius 1 is 0.750 bits per heavy atom. The van der Waals surface area contributed by atoms with Gasteiger partial charge in [-0.15, -0.1) is 0 Å². The Morgan fingerprint density at radius 2 is 1.31 bits per heavy atom. The highest BCUT2D eigenvalue weighted by Gasteiger charge is 2.50. The molecule has 2 aliphatic rings. The molecule has 2 unspecified atom stereocenters. The molecule has 3 aromatic rings. The van der Waals surface area contributed by atoms with Crippen molar-refractivity contribution in [2.75, 3.05) is 6.61 Å². The van der Waals surface area contributed by atoms with E-state index in [1.165, 1.54) is 0 Å². The number of halogens is 1. The summed E-state index contributed by atoms with van der Waals surface area (Å²) in [7, 11) is 0. The highest BCUT2D eigenvalue weighted by molar-refractivity contribution is 14.1. The molecule has 2 aliphatic heterocycles. The molecule has 3 heterocycles. The Balaban J connectivity index is 1.47. The monoisotopic (exact) mass is 545 g/mol. The molecule has 7 heteroatoms. The van der Waals surface area contributed by atoms with E-state index in [1.54, 1.807) is 0 Å². The van der Waals surface area contributed by atoms with Crippen molar-refractivity contribution in [1.82, 2.24) is 4.98 Å². The Kier molecular flexibility index (Phi) is 6.82. The summed E-state index contributed by atoms with van der Waals surface area (Å²) in [5.41, 5.74) is 2.86. The number of aliphatic hydroxyl groups is 1. The fraction of sp³-hybridized carbons (Fsp3) is 0.320. The SMILES string of the molecule is OC[C@H]1OC(c2ccccc2)O[C@@H]2[C@@H]1OC(c1ccccc1)O[C@@H]2Cc1cncc(I)c1. The van der Waals surface area contributed by atoms with Crippen molar-refractivity contribution in [3.05, 3.63) is 99.4 Å². The minimum atomic E-state index is -0.605. The van der Waals surface area contributed by atoms with Gasteiger partial charge in [0, 0.05) is 33.5 Å². The molecule has 1 aromatic heterocycles. The van der Waals surface area contributed by atoms with Crippen molar-refractivity contribution in [3.63, 3.8) is 0 Å². The number of hydrogen-bond donors (Lipinski definition) is 1. The molecular weight excluding hydrogens is 521 g/mol. The topological polar surface area (TPSA) is 70.0 Å². The summed E-state index contributed by atoms with van der Waals surface area (Å²) in [5, 5.41) is 10.2. The van der Waals surface area contributed by atoms with E-state index in [0.717, 1.165) is 20.3 Å². The molecule has 6 atom stereocenters. The summed E-state index contributed by atoms with van der Waals surface area (Å²) in [6, 6.07) is 21.6. The second-order valence-electron chi connectivity index (χ2n) is 7.93. The van der Waals surface area contributed by atoms with Crippen molar-refractivity contribution >= 4 is 22.6 Å². The van der Waals surface area contributed by atoms with Gasteiger partial charge < -0.3 is 24.1 Å². The van der Waals surface area contributed by atoms with Crippen molar-refractivity contribution in [3.8, 4) is 0 Å². The van der Waals surface area contributed by atoms with Gasteiger partial charge in [0.15, 0.2) is 12.6 Å². The smallest absolute Gasteiger partial charge is 0.184 e. The van der Waals surface area contributed by atoms with Crippen LogP contribution in [0.5, 0.6) is 0 Å². The molecule has 2 saturated heterocycles. The maximum Gasteiger partial charge on any atom is 0.184 e. The molecule has 166 valence electrons. The number of aromatic nitrogens is 1. The number of benzene rings is 2. The van der Waals surface area contributed by atoms with E-state index in [2.05, 4.69) is 33.6 Å². The predicted molar refractivity (Wildman–Crippen MR) is 126 cm³/mol. The molecule has 0 radical (unpaired) electrons. The average Bonchev–Trinajstić information content (AvgIpc) is 2.84. The van der Waals surface area contributed by atoms with Gasteiger partial charge in [-0.1, -0.05) is 60.7 Å². The van der Waals surface area contributed by atoms with Crippen LogP contribution in [0.15, 0.2) is 79.1 Å². The van der Waals surface area contributed by atoms with Crippen LogP contribution >= 0.6 is 22.6 Å². The third-order valence-electron chi connectivity index (χ3n) is 5.74. The third-order valence-corrected chi connectivity index (χ3v) is 6.33. The number of rotatable bonds is 5. The lowest BCUT2D eigenvalue weighted by atomic mass is 9.94. The molecule has 2 fully saturated rings. The van der Waals surface area contributed by atoms with Crippen molar-refractivity contribution in [2.24, 2.45) is 0 Å². The fourth-order valence-electron chi connectivity index (χ4n) is 4.22. The molecule has 0 spiro atoms. The zero-order chi connectivity index (χ0) is 21.9. The van der Waals surface area contributed by atoms with Crippen LogP contribution in [0.25, 0.3) is 0 Å². The quantitative estimate of drug-likeness (QED) is 0.486. The highest BCUT2D eigenvalue weighted by Crippen LogP contribution is 2.41. The molecule has 32 heavy (non-hydrogen) atoms. The fourth-order valence-corrected chi connectivity index (χ4v) is 4.78. The second-order valence-corrected chi connectivity index (χ2v) is 9.18. The van der Waals surface area contributed by atoms with E-state index >= 15 is 0 Å². The van der Waals surface area contributed by atoms with Crippen molar-refractivity contribution in [1.29, 1.82) is 0 Å². The van der Waals surface area contributed by atoms with Gasteiger partial charge in [0.05, 0.1) is 12.7 Å². The van der Waals surface area contributed by atoms with Gasteiger partial charge in [-0.05, 0) is 34.2 Å². The standard InChI is InChI=1S/C25H24INO5/c26-19-11-16(13-27-14-19)12-20-22-23(32-24(29-20)17-7-3-1-4-8-17)21(15-28)30-25(31-22)18-9-5-2-6-10-18/h1-11,13-14,20-25,28H,12,15H2/t20-,21-,22+,23-,24?,25?/m1/s1. The minimum absolute atomic E-state index is 0.174. The lowest BCUT2D eigenvalue weighted by Gasteiger charge is -2.49. The Hall–Kier alpha value is -1.88. The first kappa shape index (κ1) is 21.9. The largest absolute Gasteiger partial charge is 0.394 e. The van der Waals surface area contributed by atoms with E-state index in [4.69, 9.17) is 18.9 Å². The summed E-state index contributed by atoms with van der Waals surface area (Å²) >= 11 is 2.26. The molecule has 2 aromatic carbocycles. The van der Waals surface area contributed by atoms with Gasteiger partial charge in [-0.3, -0.25) is 4.98 Å². The Morgan fingerprint density at radius 3 is 1.88 bits per heavy atom. The van der Waals surface area contributed by atoms with Crippen LogP contribution in [0, 0.1) is 3.57 Å². The third kappa shape index (κ3) is 4.73. The van der Waals surface area contributed by atoms with E-state index in [-0.39, 0.29) is 12.7 Å². The van der Waals surface area contributed by atoms with Gasteiger partial charge in [-0.25, -0.2) is 0 Å². The van der Waals surface area contributed by atoms with Gasteiger partial charge in [0.1, 0.15) is 18.3 Å². The first-order chi connectivity index (χ1) is 15.7. The van der Waals surface area contributed by atoms with Gasteiger partial charge in [0.25, 0.3) is 0 Å². The summed E-state index contributed by atoms with van der Waals surface area (Å²) in [6.07, 6.45) is 1.38. The number of nitrogens with zero attached hydrogens (tertiary/aromatic N) is 1. The number of ether oxygens (including phenoxy) is 4. The lowest BCUT2D eigenvalue weighted by molar-refractivity contribution is -0.384. The van der Waals surface area contributed by atoms with Gasteiger partial charge in [-0.2, -0.15) is 0 Å². The number of pyridine rings is 1. The van der Waals surface area contributed by atoms with E-state index in [1.807, 2.05) is 73.1 Å². The first-order valence-electron chi connectivity index (χ1n) is 10.6. The second kappa shape index (κ2) is 9.94. The number of hydrogen-bond acceptors (Lipinski definition) is 6. The van der Waals surface area contributed by atoms with Crippen molar-refractivity contribution < 1.29 is 24.1 Å². The maximum atomic E-state index is 10.2. The molecule has 1 N–H and O–H groups in total. The Labute approximate surface area is 200 Å². The zero-order valence-corrected chi connectivity index (χ0v) is 19.4. The van der Waals surface area contributed by atoms with E-state index in [0.29, 0.717) is 6.42 Å². The highest BCUT2D eigenvalue weighted by atomic mass is 127. The van der Waals surface area contributed by atoms with Crippen molar-refractivity contribution in [2.45, 2.75) is 43.4 Å². The normalized spacial score (nSPS) is 29.9. The van der Waals surface area contributed by atoms with Crippen LogP contribution in [0.2, 0.25) is 0 Å². The summed E-state index contributed by atoms with van der Waals surface area (Å²) in [5.74, 6) is 0. The average molecular weight is 545 g/mol. The van der Waals surface area contributed by atoms with Crippen LogP contribution < -0.4 is 0 Å². The van der Waals surface area contributed by atoms with Crippen LogP contribution in [-0.2, 0) is 25.4 Å². The number of aliphatic hydroxyl groups excluding tert-OH is 1. The summed E-state index contributed by atoms with van der Waals surface area (Å²) in [4.78, 5) is 4.32. The van der Waals surface area contributed by atoms with Crippen LogP contribution in [0.3, 0.4) is 0 Å². The van der Waals surface area contributed by atoms with Crippen LogP contribution in [0.1, 0.15) is 29.3 Å². The molecule has 0 aliphatic carbocycles. The van der Waals surface area contributed by atoms with Gasteiger partial charge in [0.2, 0.25) is 0 Å².